The summed E-state index contributed by atoms with van der Waals surface area (Å²) in [5.41, 5.74) is 2.42. The lowest BCUT2D eigenvalue weighted by molar-refractivity contribution is -0.147. The lowest BCUT2D eigenvalue weighted by Gasteiger charge is -2.41. The Morgan fingerprint density at radius 3 is 1.65 bits per heavy atom. The molecule has 0 spiro atoms. The zero-order chi connectivity index (χ0) is 20.4. The van der Waals surface area contributed by atoms with Crippen LogP contribution in [0.5, 0.6) is 0 Å². The summed E-state index contributed by atoms with van der Waals surface area (Å²) in [6.45, 7) is 12.7. The van der Waals surface area contributed by atoms with Crippen LogP contribution in [-0.4, -0.2) is 23.0 Å². The van der Waals surface area contributed by atoms with Gasteiger partial charge in [0.25, 0.3) is 0 Å². The predicted molar refractivity (Wildman–Crippen MR) is 113 cm³/mol. The number of carbonyl (C=O) groups is 1. The van der Waals surface area contributed by atoms with Crippen molar-refractivity contribution in [1.82, 2.24) is 4.90 Å². The number of amides is 1. The van der Waals surface area contributed by atoms with Gasteiger partial charge in [-0.15, -0.1) is 0 Å². The fourth-order valence-corrected chi connectivity index (χ4v) is 2.41. The highest BCUT2D eigenvalue weighted by Crippen LogP contribution is 2.35. The van der Waals surface area contributed by atoms with Gasteiger partial charge in [0.2, 0.25) is 5.91 Å². The number of aliphatic hydroxyl groups is 1. The largest absolute Gasteiger partial charge is 0.400 e. The number of benzene rings is 2. The average Bonchev–Trinajstić information content (AvgIpc) is 2.77. The molecule has 2 aromatic carbocycles. The van der Waals surface area contributed by atoms with Crippen molar-refractivity contribution in [2.45, 2.75) is 60.5 Å². The van der Waals surface area contributed by atoms with Crippen LogP contribution in [0.15, 0.2) is 60.7 Å². The van der Waals surface area contributed by atoms with E-state index >= 15 is 0 Å². The van der Waals surface area contributed by atoms with Crippen LogP contribution < -0.4 is 0 Å². The van der Waals surface area contributed by atoms with Crippen molar-refractivity contribution in [3.63, 3.8) is 0 Å². The first-order valence-electron chi connectivity index (χ1n) is 9.67. The monoisotopic (exact) mass is 359 g/mol. The Bertz CT molecular complexity index is 541. The minimum absolute atomic E-state index is 0.243. The number of β-lactam (4-membered cyclic amide) rings is 1. The molecule has 1 amide bonds. The van der Waals surface area contributed by atoms with E-state index in [1.807, 2.05) is 82.8 Å². The summed E-state index contributed by atoms with van der Waals surface area (Å²) in [4.78, 5) is 13.7. The molecule has 0 bridgehead atoms. The second-order valence-corrected chi connectivity index (χ2v) is 4.64. The molecule has 146 valence electrons. The van der Waals surface area contributed by atoms with Crippen molar-refractivity contribution in [3.05, 3.63) is 71.8 Å². The van der Waals surface area contributed by atoms with Gasteiger partial charge < -0.3 is 10.0 Å². The topological polar surface area (TPSA) is 40.5 Å². The lowest BCUT2D eigenvalue weighted by Crippen LogP contribution is -2.45. The smallest absolute Gasteiger partial charge is 0.225 e. The molecule has 1 aliphatic heterocycles. The maximum atomic E-state index is 11.7. The summed E-state index contributed by atoms with van der Waals surface area (Å²) >= 11 is 0. The Hall–Kier alpha value is -2.13. The van der Waals surface area contributed by atoms with Crippen LogP contribution in [0.25, 0.3) is 0 Å². The molecule has 1 saturated heterocycles. The van der Waals surface area contributed by atoms with E-state index in [4.69, 9.17) is 5.11 Å². The van der Waals surface area contributed by atoms with Crippen molar-refractivity contribution in [2.24, 2.45) is 0 Å². The maximum absolute atomic E-state index is 11.7. The van der Waals surface area contributed by atoms with E-state index in [-0.39, 0.29) is 11.9 Å². The van der Waals surface area contributed by atoms with Crippen LogP contribution >= 0.6 is 0 Å². The van der Waals surface area contributed by atoms with Crippen LogP contribution in [-0.2, 0) is 11.3 Å². The van der Waals surface area contributed by atoms with Gasteiger partial charge in [-0.05, 0) is 11.1 Å². The summed E-state index contributed by atoms with van der Waals surface area (Å²) < 4.78 is 0. The number of aliphatic hydroxyl groups excluding tert-OH is 1. The van der Waals surface area contributed by atoms with E-state index in [0.29, 0.717) is 13.0 Å². The first-order valence-corrected chi connectivity index (χ1v) is 9.67. The molecular formula is C23H37NO2. The minimum Gasteiger partial charge on any atom is -0.400 e. The van der Waals surface area contributed by atoms with Gasteiger partial charge in [-0.2, -0.15) is 0 Å². The Labute approximate surface area is 160 Å². The number of hydrogen-bond acceptors (Lipinski definition) is 2. The molecule has 1 N–H and O–H groups in total. The van der Waals surface area contributed by atoms with E-state index < -0.39 is 0 Å². The quantitative estimate of drug-likeness (QED) is 0.699. The second kappa shape index (κ2) is 17.7. The summed E-state index contributed by atoms with van der Waals surface area (Å²) in [5, 5.41) is 7.00. The van der Waals surface area contributed by atoms with Crippen molar-refractivity contribution in [2.75, 3.05) is 7.11 Å². The molecule has 3 heteroatoms. The Morgan fingerprint density at radius 1 is 0.808 bits per heavy atom. The highest BCUT2D eigenvalue weighted by Gasteiger charge is 2.36. The summed E-state index contributed by atoms with van der Waals surface area (Å²) in [6, 6.07) is 20.6. The third-order valence-corrected chi connectivity index (χ3v) is 3.44. The Balaban J connectivity index is 0. The fraction of sp³-hybridized carbons (Fsp3) is 0.435. The number of nitrogens with zero attached hydrogens (tertiary/aromatic N) is 1. The molecule has 1 fully saturated rings. The van der Waals surface area contributed by atoms with E-state index in [1.54, 1.807) is 0 Å². The molecule has 0 unspecified atom stereocenters. The summed E-state index contributed by atoms with van der Waals surface area (Å²) in [6.07, 6.45) is 0.636. The van der Waals surface area contributed by atoms with Crippen LogP contribution in [0.2, 0.25) is 0 Å². The van der Waals surface area contributed by atoms with Gasteiger partial charge in [-0.25, -0.2) is 0 Å². The van der Waals surface area contributed by atoms with Gasteiger partial charge in [0, 0.05) is 13.7 Å². The van der Waals surface area contributed by atoms with Gasteiger partial charge >= 0.3 is 0 Å². The summed E-state index contributed by atoms with van der Waals surface area (Å²) in [5.74, 6) is 0.243. The molecule has 1 aliphatic rings. The Kier molecular flexibility index (Phi) is 17.8. The molecule has 1 atom stereocenters. The van der Waals surface area contributed by atoms with Crippen LogP contribution in [0.4, 0.5) is 0 Å². The highest BCUT2D eigenvalue weighted by atomic mass is 16.2. The van der Waals surface area contributed by atoms with Gasteiger partial charge in [0.15, 0.2) is 0 Å². The average molecular weight is 360 g/mol. The lowest BCUT2D eigenvalue weighted by atomic mass is 9.93. The van der Waals surface area contributed by atoms with Gasteiger partial charge in [0.05, 0.1) is 12.5 Å². The van der Waals surface area contributed by atoms with Crippen molar-refractivity contribution in [1.29, 1.82) is 0 Å². The van der Waals surface area contributed by atoms with Crippen LogP contribution in [0.1, 0.15) is 65.1 Å². The maximum Gasteiger partial charge on any atom is 0.225 e. The van der Waals surface area contributed by atoms with Crippen molar-refractivity contribution < 1.29 is 9.90 Å². The number of hydrogen-bond donors (Lipinski definition) is 1. The molecule has 0 aliphatic carbocycles. The molecular weight excluding hydrogens is 322 g/mol. The zero-order valence-electron chi connectivity index (χ0n) is 17.6. The molecule has 1 heterocycles. The van der Waals surface area contributed by atoms with Gasteiger partial charge in [-0.1, -0.05) is 102 Å². The predicted octanol–water partition coefficient (Wildman–Crippen LogP) is 5.85. The number of rotatable bonds is 3. The van der Waals surface area contributed by atoms with Gasteiger partial charge in [0.1, 0.15) is 0 Å². The molecule has 0 aromatic heterocycles. The van der Waals surface area contributed by atoms with E-state index in [9.17, 15) is 4.79 Å². The zero-order valence-corrected chi connectivity index (χ0v) is 17.6. The second-order valence-electron chi connectivity index (χ2n) is 4.64. The number of carbonyl (C=O) groups excluding carboxylic acids is 1. The Morgan fingerprint density at radius 2 is 1.23 bits per heavy atom. The molecule has 26 heavy (non-hydrogen) atoms. The van der Waals surface area contributed by atoms with Crippen LogP contribution in [0, 0.1) is 0 Å². The first kappa shape index (κ1) is 26.1. The molecule has 3 rings (SSSR count). The number of likely N-dealkylation sites (tertiary alicyclic amines) is 1. The van der Waals surface area contributed by atoms with E-state index in [2.05, 4.69) is 24.3 Å². The van der Waals surface area contributed by atoms with Crippen LogP contribution in [0.3, 0.4) is 0 Å². The van der Waals surface area contributed by atoms with Gasteiger partial charge in [-0.3, -0.25) is 4.79 Å². The first-order chi connectivity index (χ1) is 12.8. The highest BCUT2D eigenvalue weighted by molar-refractivity contribution is 5.83. The van der Waals surface area contributed by atoms with Crippen molar-refractivity contribution >= 4 is 5.91 Å². The SMILES string of the molecule is CC.CC.CC.CO.O=C1C[C@@H](c2ccccc2)N1Cc1ccccc1. The molecule has 3 nitrogen and oxygen atoms in total. The minimum atomic E-state index is 0.243. The third kappa shape index (κ3) is 8.30. The standard InChI is InChI=1S/C16H15NO.3C2H6.CH4O/c18-16-11-15(14-9-5-2-6-10-14)17(16)12-13-7-3-1-4-8-13;4*1-2/h1-10,15H,11-12H2;3*1-2H3;2H,1H3/t15-;;;;/m0..../s1. The van der Waals surface area contributed by atoms with E-state index in [0.717, 1.165) is 7.11 Å². The normalized spacial score (nSPS) is 13.8. The molecule has 2 aromatic rings. The molecule has 0 saturated carbocycles. The summed E-state index contributed by atoms with van der Waals surface area (Å²) in [7, 11) is 1.00. The van der Waals surface area contributed by atoms with E-state index in [1.165, 1.54) is 11.1 Å². The van der Waals surface area contributed by atoms with Crippen molar-refractivity contribution in [3.8, 4) is 0 Å². The fourth-order valence-electron chi connectivity index (χ4n) is 2.41. The molecule has 0 radical (unpaired) electrons. The third-order valence-electron chi connectivity index (χ3n) is 3.44.